The molecule has 10 heteroatoms. The molecule has 184 valence electrons. The highest BCUT2D eigenvalue weighted by Gasteiger charge is 2.34. The lowest BCUT2D eigenvalue weighted by Gasteiger charge is -2.38. The summed E-state index contributed by atoms with van der Waals surface area (Å²) in [7, 11) is 4.80. The van der Waals surface area contributed by atoms with Gasteiger partial charge in [-0.1, -0.05) is 12.1 Å². The molecule has 1 aliphatic rings. The number of thiazole rings is 1. The number of ether oxygens (including phenoxy) is 3. The quantitative estimate of drug-likeness (QED) is 0.515. The van der Waals surface area contributed by atoms with Crippen molar-refractivity contribution in [2.24, 2.45) is 0 Å². The number of benzene rings is 2. The first-order valence-electron chi connectivity index (χ1n) is 11.1. The smallest absolute Gasteiger partial charge is 0.318 e. The highest BCUT2D eigenvalue weighted by Crippen LogP contribution is 2.41. The van der Waals surface area contributed by atoms with Crippen molar-refractivity contribution in [1.82, 2.24) is 15.2 Å². The van der Waals surface area contributed by atoms with Crippen molar-refractivity contribution >= 4 is 28.4 Å². The number of nitrogens with one attached hydrogen (secondary N) is 2. The summed E-state index contributed by atoms with van der Waals surface area (Å²) >= 11 is 1.32. The fourth-order valence-electron chi connectivity index (χ4n) is 4.14. The molecule has 2 N–H and O–H groups in total. The molecule has 9 nitrogen and oxygen atoms in total. The van der Waals surface area contributed by atoms with E-state index in [1.165, 1.54) is 11.3 Å². The lowest BCUT2D eigenvalue weighted by atomic mass is 9.87. The molecule has 0 bridgehead atoms. The second kappa shape index (κ2) is 10.6. The number of hydrogen-bond acceptors (Lipinski definition) is 7. The molecule has 4 rings (SSSR count). The number of anilines is 1. The molecule has 0 aliphatic carbocycles. The number of nitrogens with zero attached hydrogens (tertiary/aromatic N) is 2. The van der Waals surface area contributed by atoms with Gasteiger partial charge < -0.3 is 29.7 Å². The van der Waals surface area contributed by atoms with Crippen molar-refractivity contribution in [3.05, 3.63) is 64.7 Å². The van der Waals surface area contributed by atoms with Crippen LogP contribution in [0.5, 0.6) is 17.2 Å². The van der Waals surface area contributed by atoms with Crippen LogP contribution in [-0.4, -0.2) is 55.7 Å². The number of carbonyl (C=O) groups excluding carboxylic acids is 2. The standard InChI is InChI=1S/C25H28N4O5S/c1-15(23(30)28-24-26-10-12-35-24)27-25(31)29-11-9-17-13-20(33-3)21(34-4)14-19(17)22(29)16-5-7-18(32-2)8-6-16/h5-8,10,12-15,22H,9,11H2,1-4H3,(H,27,31)(H,26,28,30)/t15-,22?/m0/s1. The molecular formula is C25H28N4O5S. The van der Waals surface area contributed by atoms with Gasteiger partial charge in [-0.3, -0.25) is 4.79 Å². The van der Waals surface area contributed by atoms with Gasteiger partial charge in [-0.05, 0) is 54.3 Å². The fraction of sp³-hybridized carbons (Fsp3) is 0.320. The van der Waals surface area contributed by atoms with Gasteiger partial charge in [-0.25, -0.2) is 9.78 Å². The van der Waals surface area contributed by atoms with Crippen LogP contribution in [0.3, 0.4) is 0 Å². The van der Waals surface area contributed by atoms with E-state index in [2.05, 4.69) is 15.6 Å². The van der Waals surface area contributed by atoms with Gasteiger partial charge >= 0.3 is 6.03 Å². The van der Waals surface area contributed by atoms with Crippen LogP contribution in [0.4, 0.5) is 9.93 Å². The van der Waals surface area contributed by atoms with E-state index in [9.17, 15) is 9.59 Å². The minimum absolute atomic E-state index is 0.335. The largest absolute Gasteiger partial charge is 0.497 e. The third-order valence-electron chi connectivity index (χ3n) is 5.96. The summed E-state index contributed by atoms with van der Waals surface area (Å²) in [5.41, 5.74) is 2.92. The topological polar surface area (TPSA) is 102 Å². The number of fused-ring (bicyclic) bond motifs is 1. The molecule has 1 unspecified atom stereocenters. The van der Waals surface area contributed by atoms with Crippen LogP contribution in [0.2, 0.25) is 0 Å². The van der Waals surface area contributed by atoms with E-state index in [0.29, 0.717) is 29.6 Å². The minimum Gasteiger partial charge on any atom is -0.497 e. The van der Waals surface area contributed by atoms with Crippen molar-refractivity contribution in [1.29, 1.82) is 0 Å². The van der Waals surface area contributed by atoms with E-state index in [0.717, 1.165) is 22.4 Å². The highest BCUT2D eigenvalue weighted by molar-refractivity contribution is 7.13. The normalized spacial score (nSPS) is 15.5. The first kappa shape index (κ1) is 24.3. The maximum Gasteiger partial charge on any atom is 0.318 e. The molecule has 3 amide bonds. The Bertz CT molecular complexity index is 1180. The zero-order valence-electron chi connectivity index (χ0n) is 20.0. The van der Waals surface area contributed by atoms with Crippen molar-refractivity contribution in [3.63, 3.8) is 0 Å². The molecule has 0 saturated carbocycles. The molecule has 1 aromatic heterocycles. The summed E-state index contributed by atoms with van der Waals surface area (Å²) in [6.45, 7) is 2.11. The van der Waals surface area contributed by atoms with Gasteiger partial charge in [0.15, 0.2) is 16.6 Å². The number of rotatable bonds is 7. The zero-order chi connectivity index (χ0) is 24.9. The van der Waals surface area contributed by atoms with E-state index in [-0.39, 0.29) is 11.9 Å². The molecule has 35 heavy (non-hydrogen) atoms. The van der Waals surface area contributed by atoms with Crippen LogP contribution in [-0.2, 0) is 11.2 Å². The monoisotopic (exact) mass is 496 g/mol. The highest BCUT2D eigenvalue weighted by atomic mass is 32.1. The first-order chi connectivity index (χ1) is 16.9. The van der Waals surface area contributed by atoms with Crippen molar-refractivity contribution < 1.29 is 23.8 Å². The Balaban J connectivity index is 1.64. The van der Waals surface area contributed by atoms with E-state index < -0.39 is 12.1 Å². The average Bonchev–Trinajstić information content (AvgIpc) is 3.40. The molecule has 0 radical (unpaired) electrons. The third-order valence-corrected chi connectivity index (χ3v) is 6.65. The van der Waals surface area contributed by atoms with E-state index >= 15 is 0 Å². The Kier molecular flexibility index (Phi) is 7.40. The molecule has 3 aromatic rings. The minimum atomic E-state index is -0.755. The van der Waals surface area contributed by atoms with Gasteiger partial charge in [0.05, 0.1) is 27.4 Å². The summed E-state index contributed by atoms with van der Waals surface area (Å²) in [5, 5.41) is 7.81. The summed E-state index contributed by atoms with van der Waals surface area (Å²) in [6, 6.07) is 10.0. The van der Waals surface area contributed by atoms with Crippen molar-refractivity contribution in [3.8, 4) is 17.2 Å². The molecule has 2 heterocycles. The fourth-order valence-corrected chi connectivity index (χ4v) is 4.67. The Labute approximate surface area is 208 Å². The van der Waals surface area contributed by atoms with Gasteiger partial charge in [0.25, 0.3) is 0 Å². The Hall–Kier alpha value is -3.79. The van der Waals surface area contributed by atoms with Gasteiger partial charge in [-0.15, -0.1) is 11.3 Å². The summed E-state index contributed by atoms with van der Waals surface area (Å²) < 4.78 is 16.3. The predicted octanol–water partition coefficient (Wildman–Crippen LogP) is 3.85. The first-order valence-corrected chi connectivity index (χ1v) is 12.0. The Morgan fingerprint density at radius 1 is 1.09 bits per heavy atom. The molecule has 2 atom stereocenters. The second-order valence-corrected chi connectivity index (χ2v) is 8.92. The molecule has 2 aromatic carbocycles. The molecule has 1 aliphatic heterocycles. The van der Waals surface area contributed by atoms with Gasteiger partial charge in [-0.2, -0.15) is 0 Å². The summed E-state index contributed by atoms with van der Waals surface area (Å²) in [5.74, 6) is 1.62. The molecule has 0 saturated heterocycles. The van der Waals surface area contributed by atoms with Crippen LogP contribution in [0.25, 0.3) is 0 Å². The third kappa shape index (κ3) is 5.17. The van der Waals surface area contributed by atoms with Crippen LogP contribution in [0.15, 0.2) is 48.0 Å². The van der Waals surface area contributed by atoms with Crippen LogP contribution in [0, 0.1) is 0 Å². The maximum atomic E-state index is 13.5. The van der Waals surface area contributed by atoms with Gasteiger partial charge in [0, 0.05) is 18.1 Å². The van der Waals surface area contributed by atoms with Crippen molar-refractivity contribution in [2.45, 2.75) is 25.4 Å². The molecule has 0 fully saturated rings. The summed E-state index contributed by atoms with van der Waals surface area (Å²) in [4.78, 5) is 31.8. The lowest BCUT2D eigenvalue weighted by Crippen LogP contribution is -2.51. The maximum absolute atomic E-state index is 13.5. The zero-order valence-corrected chi connectivity index (χ0v) is 20.8. The van der Waals surface area contributed by atoms with Crippen LogP contribution < -0.4 is 24.8 Å². The van der Waals surface area contributed by atoms with E-state index in [1.807, 2.05) is 36.4 Å². The number of aromatic nitrogens is 1. The number of urea groups is 1. The molecule has 0 spiro atoms. The van der Waals surface area contributed by atoms with E-state index in [4.69, 9.17) is 14.2 Å². The Morgan fingerprint density at radius 3 is 2.43 bits per heavy atom. The van der Waals surface area contributed by atoms with Crippen LogP contribution >= 0.6 is 11.3 Å². The van der Waals surface area contributed by atoms with Crippen LogP contribution in [0.1, 0.15) is 29.7 Å². The lowest BCUT2D eigenvalue weighted by molar-refractivity contribution is -0.117. The summed E-state index contributed by atoms with van der Waals surface area (Å²) in [6.07, 6.45) is 2.24. The number of amides is 3. The van der Waals surface area contributed by atoms with Gasteiger partial charge in [0.1, 0.15) is 11.8 Å². The predicted molar refractivity (Wildman–Crippen MR) is 134 cm³/mol. The molecular weight excluding hydrogens is 468 g/mol. The van der Waals surface area contributed by atoms with E-state index in [1.54, 1.807) is 44.7 Å². The van der Waals surface area contributed by atoms with Crippen molar-refractivity contribution in [2.75, 3.05) is 33.2 Å². The Morgan fingerprint density at radius 2 is 1.80 bits per heavy atom. The number of hydrogen-bond donors (Lipinski definition) is 2. The average molecular weight is 497 g/mol. The number of carbonyl (C=O) groups is 2. The number of methoxy groups -OCH3 is 3. The SMILES string of the molecule is COc1ccc(C2c3cc(OC)c(OC)cc3CCN2C(=O)N[C@@H](C)C(=O)Nc2nccs2)cc1. The second-order valence-electron chi connectivity index (χ2n) is 8.02. The van der Waals surface area contributed by atoms with Gasteiger partial charge in [0.2, 0.25) is 5.91 Å².